The highest BCUT2D eigenvalue weighted by atomic mass is 16.2. The molecule has 3 unspecified atom stereocenters. The summed E-state index contributed by atoms with van der Waals surface area (Å²) >= 11 is 0. The Bertz CT molecular complexity index is 215. The van der Waals surface area contributed by atoms with E-state index in [9.17, 15) is 4.79 Å². The summed E-state index contributed by atoms with van der Waals surface area (Å²) in [5.74, 6) is 0.554. The fourth-order valence-corrected chi connectivity index (χ4v) is 1.94. The van der Waals surface area contributed by atoms with Crippen molar-refractivity contribution in [2.75, 3.05) is 0 Å². The minimum Gasteiger partial charge on any atom is -0.352 e. The summed E-state index contributed by atoms with van der Waals surface area (Å²) in [5.41, 5.74) is 5.67. The molecule has 14 heavy (non-hydrogen) atoms. The lowest BCUT2D eigenvalue weighted by Crippen LogP contribution is -2.45. The number of nitrogens with two attached hydrogens (primary N) is 1. The van der Waals surface area contributed by atoms with Gasteiger partial charge in [0.05, 0.1) is 6.04 Å². The van der Waals surface area contributed by atoms with Crippen molar-refractivity contribution in [3.05, 3.63) is 12.7 Å². The van der Waals surface area contributed by atoms with Crippen molar-refractivity contribution in [2.45, 2.75) is 44.7 Å². The molecule has 1 aliphatic rings. The van der Waals surface area contributed by atoms with Gasteiger partial charge in [0, 0.05) is 6.04 Å². The molecule has 1 amide bonds. The Morgan fingerprint density at radius 3 is 2.93 bits per heavy atom. The molecule has 0 radical (unpaired) electrons. The van der Waals surface area contributed by atoms with Crippen LogP contribution in [0, 0.1) is 5.92 Å². The molecule has 0 aromatic carbocycles. The summed E-state index contributed by atoms with van der Waals surface area (Å²) in [5, 5.41) is 3.00. The normalized spacial score (nSPS) is 28.4. The van der Waals surface area contributed by atoms with Crippen LogP contribution in [0.3, 0.4) is 0 Å². The monoisotopic (exact) mass is 196 g/mol. The van der Waals surface area contributed by atoms with Gasteiger partial charge in [0.2, 0.25) is 5.91 Å². The third-order valence-electron chi connectivity index (χ3n) is 2.95. The highest BCUT2D eigenvalue weighted by Crippen LogP contribution is 2.24. The number of hydrogen-bond acceptors (Lipinski definition) is 2. The SMILES string of the molecule is C=CCC(N)C(=O)NC1CCCC1C. The van der Waals surface area contributed by atoms with Crippen LogP contribution in [0.1, 0.15) is 32.6 Å². The van der Waals surface area contributed by atoms with Crippen molar-refractivity contribution in [3.63, 3.8) is 0 Å². The van der Waals surface area contributed by atoms with E-state index in [1.54, 1.807) is 6.08 Å². The predicted molar refractivity (Wildman–Crippen MR) is 57.7 cm³/mol. The number of hydrogen-bond donors (Lipinski definition) is 2. The van der Waals surface area contributed by atoms with Gasteiger partial charge in [-0.3, -0.25) is 4.79 Å². The van der Waals surface area contributed by atoms with Crippen molar-refractivity contribution in [3.8, 4) is 0 Å². The van der Waals surface area contributed by atoms with Crippen LogP contribution >= 0.6 is 0 Å². The Morgan fingerprint density at radius 2 is 2.43 bits per heavy atom. The number of rotatable bonds is 4. The summed E-state index contributed by atoms with van der Waals surface area (Å²) in [4.78, 5) is 11.6. The van der Waals surface area contributed by atoms with Crippen LogP contribution in [0.5, 0.6) is 0 Å². The molecule has 0 aromatic heterocycles. The van der Waals surface area contributed by atoms with Crippen LogP contribution < -0.4 is 11.1 Å². The zero-order chi connectivity index (χ0) is 10.6. The molecule has 0 aliphatic heterocycles. The molecule has 0 aromatic rings. The maximum Gasteiger partial charge on any atom is 0.237 e. The van der Waals surface area contributed by atoms with Crippen LogP contribution in [0.15, 0.2) is 12.7 Å². The maximum absolute atomic E-state index is 11.6. The van der Waals surface area contributed by atoms with E-state index < -0.39 is 6.04 Å². The lowest BCUT2D eigenvalue weighted by molar-refractivity contribution is -0.123. The van der Waals surface area contributed by atoms with Gasteiger partial charge < -0.3 is 11.1 Å². The molecule has 1 saturated carbocycles. The van der Waals surface area contributed by atoms with Gasteiger partial charge in [-0.25, -0.2) is 0 Å². The Morgan fingerprint density at radius 1 is 1.71 bits per heavy atom. The van der Waals surface area contributed by atoms with Crippen LogP contribution in [-0.4, -0.2) is 18.0 Å². The van der Waals surface area contributed by atoms with E-state index in [2.05, 4.69) is 18.8 Å². The smallest absolute Gasteiger partial charge is 0.237 e. The average Bonchev–Trinajstić information content (AvgIpc) is 2.52. The van der Waals surface area contributed by atoms with Gasteiger partial charge in [-0.1, -0.05) is 19.4 Å². The molecule has 3 heteroatoms. The van der Waals surface area contributed by atoms with E-state index in [1.807, 2.05) is 0 Å². The molecule has 0 heterocycles. The molecule has 0 spiro atoms. The zero-order valence-electron chi connectivity index (χ0n) is 8.83. The fourth-order valence-electron chi connectivity index (χ4n) is 1.94. The van der Waals surface area contributed by atoms with Gasteiger partial charge in [-0.05, 0) is 25.2 Å². The first-order valence-electron chi connectivity index (χ1n) is 5.32. The largest absolute Gasteiger partial charge is 0.352 e. The zero-order valence-corrected chi connectivity index (χ0v) is 8.83. The minimum absolute atomic E-state index is 0.0383. The second-order valence-electron chi connectivity index (χ2n) is 4.15. The molecular formula is C11H20N2O. The second kappa shape index (κ2) is 5.15. The summed E-state index contributed by atoms with van der Waals surface area (Å²) in [7, 11) is 0. The van der Waals surface area contributed by atoms with Gasteiger partial charge in [-0.15, -0.1) is 6.58 Å². The minimum atomic E-state index is -0.430. The van der Waals surface area contributed by atoms with Crippen molar-refractivity contribution in [1.29, 1.82) is 0 Å². The van der Waals surface area contributed by atoms with Gasteiger partial charge >= 0.3 is 0 Å². The molecule has 3 N–H and O–H groups in total. The highest BCUT2D eigenvalue weighted by Gasteiger charge is 2.26. The standard InChI is InChI=1S/C11H20N2O/c1-3-5-9(12)11(14)13-10-7-4-6-8(10)2/h3,8-10H,1,4-7,12H2,2H3,(H,13,14). The Labute approximate surface area is 85.7 Å². The Balaban J connectivity index is 2.35. The molecule has 0 saturated heterocycles. The first kappa shape index (κ1) is 11.2. The number of amides is 1. The third-order valence-corrected chi connectivity index (χ3v) is 2.95. The summed E-state index contributed by atoms with van der Waals surface area (Å²) < 4.78 is 0. The topological polar surface area (TPSA) is 55.1 Å². The van der Waals surface area contributed by atoms with Crippen LogP contribution in [-0.2, 0) is 4.79 Å². The lowest BCUT2D eigenvalue weighted by atomic mass is 10.1. The fraction of sp³-hybridized carbons (Fsp3) is 0.727. The molecule has 1 fully saturated rings. The molecule has 3 nitrogen and oxygen atoms in total. The average molecular weight is 196 g/mol. The first-order chi connectivity index (χ1) is 6.65. The third kappa shape index (κ3) is 2.84. The highest BCUT2D eigenvalue weighted by molar-refractivity contribution is 5.81. The van der Waals surface area contributed by atoms with E-state index in [0.717, 1.165) is 6.42 Å². The lowest BCUT2D eigenvalue weighted by Gasteiger charge is -2.19. The maximum atomic E-state index is 11.6. The van der Waals surface area contributed by atoms with E-state index >= 15 is 0 Å². The predicted octanol–water partition coefficient (Wildman–Crippen LogP) is 1.19. The number of nitrogens with one attached hydrogen (secondary N) is 1. The van der Waals surface area contributed by atoms with Crippen molar-refractivity contribution in [1.82, 2.24) is 5.32 Å². The summed E-state index contributed by atoms with van der Waals surface area (Å²) in [6.07, 6.45) is 5.74. The quantitative estimate of drug-likeness (QED) is 0.664. The first-order valence-corrected chi connectivity index (χ1v) is 5.32. The van der Waals surface area contributed by atoms with Crippen LogP contribution in [0.25, 0.3) is 0 Å². The molecule has 1 aliphatic carbocycles. The van der Waals surface area contributed by atoms with Crippen LogP contribution in [0.4, 0.5) is 0 Å². The van der Waals surface area contributed by atoms with Crippen LogP contribution in [0.2, 0.25) is 0 Å². The Kier molecular flexibility index (Phi) is 4.14. The van der Waals surface area contributed by atoms with E-state index in [-0.39, 0.29) is 5.91 Å². The van der Waals surface area contributed by atoms with Gasteiger partial charge in [0.1, 0.15) is 0 Å². The molecular weight excluding hydrogens is 176 g/mol. The van der Waals surface area contributed by atoms with Gasteiger partial charge in [-0.2, -0.15) is 0 Å². The van der Waals surface area contributed by atoms with Crippen molar-refractivity contribution in [2.24, 2.45) is 11.7 Å². The van der Waals surface area contributed by atoms with E-state index in [1.165, 1.54) is 12.8 Å². The number of carbonyl (C=O) groups excluding carboxylic acids is 1. The van der Waals surface area contributed by atoms with Crippen molar-refractivity contribution >= 4 is 5.91 Å². The second-order valence-corrected chi connectivity index (χ2v) is 4.15. The molecule has 80 valence electrons. The Hall–Kier alpha value is -0.830. The van der Waals surface area contributed by atoms with E-state index in [0.29, 0.717) is 18.4 Å². The number of carbonyl (C=O) groups is 1. The summed E-state index contributed by atoms with van der Waals surface area (Å²) in [6.45, 7) is 5.75. The van der Waals surface area contributed by atoms with E-state index in [4.69, 9.17) is 5.73 Å². The van der Waals surface area contributed by atoms with Gasteiger partial charge in [0.25, 0.3) is 0 Å². The van der Waals surface area contributed by atoms with Crippen molar-refractivity contribution < 1.29 is 4.79 Å². The van der Waals surface area contributed by atoms with Gasteiger partial charge in [0.15, 0.2) is 0 Å². The molecule has 1 rings (SSSR count). The molecule has 0 bridgehead atoms. The summed E-state index contributed by atoms with van der Waals surface area (Å²) in [6, 6.07) is -0.0985. The molecule has 3 atom stereocenters.